The molecule has 0 radical (unpaired) electrons. The van der Waals surface area contributed by atoms with Crippen molar-refractivity contribution in [2.75, 3.05) is 39.4 Å². The van der Waals surface area contributed by atoms with E-state index in [-0.39, 0.29) is 24.3 Å². The van der Waals surface area contributed by atoms with Crippen LogP contribution in [0.3, 0.4) is 0 Å². The molecule has 0 bridgehead atoms. The number of hydrogen-bond acceptors (Lipinski definition) is 7. The molecule has 26 heavy (non-hydrogen) atoms. The van der Waals surface area contributed by atoms with Gasteiger partial charge in [-0.05, 0) is 31.6 Å². The number of nitrogens with zero attached hydrogens (tertiary/aromatic N) is 3. The minimum atomic E-state index is -0.956. The highest BCUT2D eigenvalue weighted by molar-refractivity contribution is 6.22. The summed E-state index contributed by atoms with van der Waals surface area (Å²) < 4.78 is 5.73. The summed E-state index contributed by atoms with van der Waals surface area (Å²) in [6.45, 7) is 6.88. The fraction of sp³-hybridized carbons (Fsp3) is 0.529. The van der Waals surface area contributed by atoms with Crippen LogP contribution in [0.5, 0.6) is 5.75 Å². The van der Waals surface area contributed by atoms with Crippen LogP contribution < -0.4 is 4.74 Å². The van der Waals surface area contributed by atoms with Crippen molar-refractivity contribution in [3.8, 4) is 5.75 Å². The summed E-state index contributed by atoms with van der Waals surface area (Å²) in [5.41, 5.74) is 0.457. The third kappa shape index (κ3) is 4.48. The smallest absolute Gasteiger partial charge is 0.294 e. The van der Waals surface area contributed by atoms with Gasteiger partial charge in [0.1, 0.15) is 12.4 Å². The lowest BCUT2D eigenvalue weighted by Crippen LogP contribution is -2.33. The summed E-state index contributed by atoms with van der Waals surface area (Å²) in [7, 11) is 0. The molecule has 0 unspecified atom stereocenters. The van der Waals surface area contributed by atoms with E-state index in [9.17, 15) is 19.7 Å². The largest absolute Gasteiger partial charge is 0.493 e. The van der Waals surface area contributed by atoms with Gasteiger partial charge in [-0.1, -0.05) is 19.9 Å². The average molecular weight is 365 g/mol. The highest BCUT2D eigenvalue weighted by Crippen LogP contribution is 2.30. The molecular weight excluding hydrogens is 342 g/mol. The molecule has 0 saturated heterocycles. The standard InChI is InChI=1S/C17H23N3O6/c1-3-18(4-2)9-6-11-25-14-8-5-7-13-15(14)17(22)19(16(13)21)10-12-26-20(23)24/h5,7-8H,3-4,6,9-12H2,1-2H3. The van der Waals surface area contributed by atoms with Crippen LogP contribution in [0, 0.1) is 10.1 Å². The third-order valence-corrected chi connectivity index (χ3v) is 4.24. The minimum absolute atomic E-state index is 0.186. The van der Waals surface area contributed by atoms with Crippen LogP contribution in [0.1, 0.15) is 41.0 Å². The summed E-state index contributed by atoms with van der Waals surface area (Å²) in [5.74, 6) is -0.653. The normalized spacial score (nSPS) is 13.3. The lowest BCUT2D eigenvalue weighted by molar-refractivity contribution is -0.757. The Morgan fingerprint density at radius 2 is 1.88 bits per heavy atom. The van der Waals surface area contributed by atoms with Crippen LogP contribution in [0.4, 0.5) is 0 Å². The number of rotatable bonds is 11. The Morgan fingerprint density at radius 1 is 1.15 bits per heavy atom. The van der Waals surface area contributed by atoms with Gasteiger partial charge in [0.25, 0.3) is 16.9 Å². The van der Waals surface area contributed by atoms with Gasteiger partial charge in [-0.2, -0.15) is 0 Å². The second kappa shape index (κ2) is 9.14. The lowest BCUT2D eigenvalue weighted by Gasteiger charge is -2.18. The molecule has 1 aliphatic rings. The van der Waals surface area contributed by atoms with E-state index in [1.807, 2.05) is 0 Å². The van der Waals surface area contributed by atoms with E-state index < -0.39 is 16.9 Å². The van der Waals surface area contributed by atoms with Crippen LogP contribution in [0.25, 0.3) is 0 Å². The van der Waals surface area contributed by atoms with Crippen molar-refractivity contribution in [1.29, 1.82) is 0 Å². The molecular formula is C17H23N3O6. The number of carbonyl (C=O) groups is 2. The average Bonchev–Trinajstić information content (AvgIpc) is 2.87. The Labute approximate surface area is 151 Å². The summed E-state index contributed by atoms with van der Waals surface area (Å²) in [6.07, 6.45) is 0.799. The first-order valence-corrected chi connectivity index (χ1v) is 8.61. The first kappa shape index (κ1) is 19.6. The van der Waals surface area contributed by atoms with Crippen LogP contribution >= 0.6 is 0 Å². The molecule has 142 valence electrons. The molecule has 0 atom stereocenters. The van der Waals surface area contributed by atoms with Crippen LogP contribution in [0.2, 0.25) is 0 Å². The number of hydrogen-bond donors (Lipinski definition) is 0. The highest BCUT2D eigenvalue weighted by atomic mass is 16.9. The van der Waals surface area contributed by atoms with E-state index in [1.165, 1.54) is 0 Å². The van der Waals surface area contributed by atoms with Gasteiger partial charge in [0.05, 0.1) is 24.3 Å². The fourth-order valence-corrected chi connectivity index (χ4v) is 2.84. The number of amides is 2. The molecule has 1 aromatic rings. The van der Waals surface area contributed by atoms with Crippen molar-refractivity contribution in [3.05, 3.63) is 39.4 Å². The first-order chi connectivity index (χ1) is 12.5. The summed E-state index contributed by atoms with van der Waals surface area (Å²) in [6, 6.07) is 4.85. The van der Waals surface area contributed by atoms with E-state index in [4.69, 9.17) is 4.74 Å². The van der Waals surface area contributed by atoms with Crippen LogP contribution in [-0.4, -0.2) is 66.1 Å². The van der Waals surface area contributed by atoms with Crippen molar-refractivity contribution in [2.24, 2.45) is 0 Å². The second-order valence-electron chi connectivity index (χ2n) is 5.73. The molecule has 1 aromatic carbocycles. The minimum Gasteiger partial charge on any atom is -0.493 e. The molecule has 0 fully saturated rings. The molecule has 1 aliphatic heterocycles. The van der Waals surface area contributed by atoms with Gasteiger partial charge in [0.15, 0.2) is 0 Å². The fourth-order valence-electron chi connectivity index (χ4n) is 2.84. The number of imide groups is 1. The predicted molar refractivity (Wildman–Crippen MR) is 92.7 cm³/mol. The maximum atomic E-state index is 12.5. The van der Waals surface area contributed by atoms with Gasteiger partial charge in [-0.3, -0.25) is 14.5 Å². The van der Waals surface area contributed by atoms with Crippen molar-refractivity contribution in [1.82, 2.24) is 9.80 Å². The quantitative estimate of drug-likeness (QED) is 0.254. The molecule has 0 N–H and O–H groups in total. The Hall–Kier alpha value is -2.68. The Morgan fingerprint density at radius 3 is 2.54 bits per heavy atom. The van der Waals surface area contributed by atoms with Gasteiger partial charge < -0.3 is 14.5 Å². The SMILES string of the molecule is CCN(CC)CCCOc1cccc2c1C(=O)N(CCO[N+](=O)[O-])C2=O. The molecule has 0 aliphatic carbocycles. The summed E-state index contributed by atoms with van der Waals surface area (Å²) in [5, 5.41) is 9.26. The molecule has 2 amide bonds. The Balaban J connectivity index is 2.00. The van der Waals surface area contributed by atoms with Crippen molar-refractivity contribution >= 4 is 11.8 Å². The number of carbonyl (C=O) groups excluding carboxylic acids is 2. The highest BCUT2D eigenvalue weighted by Gasteiger charge is 2.37. The summed E-state index contributed by atoms with van der Waals surface area (Å²) in [4.78, 5) is 42.5. The van der Waals surface area contributed by atoms with Gasteiger partial charge in [-0.25, -0.2) is 0 Å². The molecule has 2 rings (SSSR count). The van der Waals surface area contributed by atoms with Gasteiger partial charge in [0.2, 0.25) is 0 Å². The Bertz CT molecular complexity index is 674. The maximum Gasteiger partial charge on any atom is 0.294 e. The lowest BCUT2D eigenvalue weighted by atomic mass is 10.1. The predicted octanol–water partition coefficient (Wildman–Crippen LogP) is 1.60. The number of fused-ring (bicyclic) bond motifs is 1. The van der Waals surface area contributed by atoms with Crippen molar-refractivity contribution in [2.45, 2.75) is 20.3 Å². The van der Waals surface area contributed by atoms with Gasteiger partial charge in [-0.15, -0.1) is 10.1 Å². The van der Waals surface area contributed by atoms with E-state index in [2.05, 4.69) is 23.6 Å². The number of benzene rings is 1. The monoisotopic (exact) mass is 365 g/mol. The number of ether oxygens (including phenoxy) is 1. The molecule has 9 nitrogen and oxygen atoms in total. The maximum absolute atomic E-state index is 12.5. The van der Waals surface area contributed by atoms with Crippen molar-refractivity contribution in [3.63, 3.8) is 0 Å². The third-order valence-electron chi connectivity index (χ3n) is 4.24. The first-order valence-electron chi connectivity index (χ1n) is 8.61. The van der Waals surface area contributed by atoms with Crippen LogP contribution in [0.15, 0.2) is 18.2 Å². The van der Waals surface area contributed by atoms with Gasteiger partial charge in [0, 0.05) is 6.54 Å². The van der Waals surface area contributed by atoms with E-state index in [0.717, 1.165) is 31.0 Å². The zero-order valence-electron chi connectivity index (χ0n) is 15.0. The topological polar surface area (TPSA) is 102 Å². The van der Waals surface area contributed by atoms with E-state index >= 15 is 0 Å². The zero-order chi connectivity index (χ0) is 19.1. The Kier molecular flexibility index (Phi) is 6.90. The van der Waals surface area contributed by atoms with Crippen molar-refractivity contribution < 1.29 is 24.3 Å². The summed E-state index contributed by atoms with van der Waals surface area (Å²) >= 11 is 0. The van der Waals surface area contributed by atoms with E-state index in [0.29, 0.717) is 12.4 Å². The molecule has 1 heterocycles. The molecule has 0 spiro atoms. The van der Waals surface area contributed by atoms with E-state index in [1.54, 1.807) is 18.2 Å². The zero-order valence-corrected chi connectivity index (χ0v) is 15.0. The second-order valence-corrected chi connectivity index (χ2v) is 5.73. The van der Waals surface area contributed by atoms with Crippen LogP contribution in [-0.2, 0) is 4.84 Å². The molecule has 9 heteroatoms. The molecule has 0 aromatic heterocycles. The molecule has 0 saturated carbocycles. The van der Waals surface area contributed by atoms with Gasteiger partial charge >= 0.3 is 0 Å².